The van der Waals surface area contributed by atoms with Crippen LogP contribution in [-0.2, 0) is 13.8 Å². The Kier molecular flexibility index (Phi) is 2.56. The molecule has 0 heterocycles. The van der Waals surface area contributed by atoms with Crippen molar-refractivity contribution in [3.8, 4) is 0 Å². The van der Waals surface area contributed by atoms with E-state index in [0.29, 0.717) is 0 Å². The van der Waals surface area contributed by atoms with E-state index in [9.17, 15) is 13.2 Å². The maximum Gasteiger partial charge on any atom is 0.261 e. The number of amides is 1. The van der Waals surface area contributed by atoms with Crippen LogP contribution in [0.1, 0.15) is 6.92 Å². The Hall–Kier alpha value is -0.000000000000000111. The van der Waals surface area contributed by atoms with Gasteiger partial charge in [-0.1, -0.05) is 11.6 Å². The molecule has 1 unspecified atom stereocenters. The molecule has 4 nitrogen and oxygen atoms in total. The lowest BCUT2D eigenvalue weighted by Gasteiger charge is -2.11. The largest absolute Gasteiger partial charge is 0.367 e. The van der Waals surface area contributed by atoms with Gasteiger partial charge in [-0.25, -0.2) is 8.42 Å². The van der Waals surface area contributed by atoms with E-state index in [1.807, 2.05) is 0 Å². The number of alkyl halides is 1. The van der Waals surface area contributed by atoms with Gasteiger partial charge in [-0.15, -0.1) is 0 Å². The summed E-state index contributed by atoms with van der Waals surface area (Å²) in [5.74, 6) is -1.19. The van der Waals surface area contributed by atoms with Gasteiger partial charge in [0.2, 0.25) is 4.21 Å². The molecule has 7 heteroatoms. The Bertz CT molecular complexity index is 244. The SMILES string of the molecule is CC(Cl)(C(N)=O)S(=O)(=O)Cl. The minimum absolute atomic E-state index is 0.916. The molecule has 0 fully saturated rings. The first-order valence-corrected chi connectivity index (χ1v) is 4.81. The Morgan fingerprint density at radius 3 is 1.90 bits per heavy atom. The van der Waals surface area contributed by atoms with E-state index in [4.69, 9.17) is 22.3 Å². The van der Waals surface area contributed by atoms with Crippen molar-refractivity contribution in [2.45, 2.75) is 11.1 Å². The van der Waals surface area contributed by atoms with Gasteiger partial charge in [-0.2, -0.15) is 0 Å². The molecule has 10 heavy (non-hydrogen) atoms. The van der Waals surface area contributed by atoms with Crippen LogP contribution in [0, 0.1) is 0 Å². The summed E-state index contributed by atoms with van der Waals surface area (Å²) in [6.45, 7) is 0.916. The zero-order chi connectivity index (χ0) is 8.58. The number of hydrogen-bond acceptors (Lipinski definition) is 3. The molecule has 0 aromatic carbocycles. The summed E-state index contributed by atoms with van der Waals surface area (Å²) in [5, 5.41) is 0. The minimum Gasteiger partial charge on any atom is -0.367 e. The van der Waals surface area contributed by atoms with Gasteiger partial charge in [-0.3, -0.25) is 4.79 Å². The van der Waals surface area contributed by atoms with Gasteiger partial charge in [0, 0.05) is 10.7 Å². The molecule has 60 valence electrons. The Labute approximate surface area is 67.7 Å². The average Bonchev–Trinajstić information content (AvgIpc) is 1.62. The molecular formula is C3H5Cl2NO3S. The molecule has 0 aliphatic carbocycles. The highest BCUT2D eigenvalue weighted by Gasteiger charge is 2.41. The monoisotopic (exact) mass is 205 g/mol. The molecule has 0 aliphatic heterocycles. The first kappa shape index (κ1) is 10.0. The number of nitrogens with two attached hydrogens (primary N) is 1. The number of carbonyl (C=O) groups is 1. The maximum absolute atomic E-state index is 10.4. The standard InChI is InChI=1S/C3H5Cl2NO3S/c1-3(4,2(6)7)10(5,8)9/h1H3,(H2,6,7). The van der Waals surface area contributed by atoms with Crippen molar-refractivity contribution < 1.29 is 13.2 Å². The molecule has 0 rings (SSSR count). The molecule has 2 N–H and O–H groups in total. The molecule has 0 spiro atoms. The Morgan fingerprint density at radius 1 is 1.60 bits per heavy atom. The number of carbonyl (C=O) groups excluding carboxylic acids is 1. The van der Waals surface area contributed by atoms with E-state index in [1.165, 1.54) is 0 Å². The van der Waals surface area contributed by atoms with E-state index in [0.717, 1.165) is 6.92 Å². The first-order chi connectivity index (χ1) is 4.19. The molecule has 0 radical (unpaired) electrons. The second-order valence-electron chi connectivity index (χ2n) is 1.72. The molecule has 0 aliphatic rings. The minimum atomic E-state index is -4.14. The Morgan fingerprint density at radius 2 is 1.90 bits per heavy atom. The summed E-state index contributed by atoms with van der Waals surface area (Å²) >= 11 is 5.15. The molecule has 1 atom stereocenters. The highest BCUT2D eigenvalue weighted by atomic mass is 35.7. The maximum atomic E-state index is 10.4. The number of rotatable bonds is 2. The van der Waals surface area contributed by atoms with Crippen LogP contribution >= 0.6 is 22.3 Å². The zero-order valence-electron chi connectivity index (χ0n) is 4.97. The summed E-state index contributed by atoms with van der Waals surface area (Å²) in [7, 11) is 0.621. The normalized spacial score (nSPS) is 17.9. The highest BCUT2D eigenvalue weighted by Crippen LogP contribution is 2.25. The topological polar surface area (TPSA) is 77.2 Å². The smallest absolute Gasteiger partial charge is 0.261 e. The number of halogens is 2. The molecule has 1 amide bonds. The molecule has 0 saturated carbocycles. The summed E-state index contributed by atoms with van der Waals surface area (Å²) < 4.78 is 18.6. The average molecular weight is 206 g/mol. The van der Waals surface area contributed by atoms with Gasteiger partial charge in [0.1, 0.15) is 0 Å². The fourth-order valence-electron chi connectivity index (χ4n) is 0.120. The summed E-state index contributed by atoms with van der Waals surface area (Å²) in [4.78, 5) is 10.3. The van der Waals surface area contributed by atoms with Crippen molar-refractivity contribution >= 4 is 37.2 Å². The van der Waals surface area contributed by atoms with Crippen LogP contribution in [0.25, 0.3) is 0 Å². The Balaban J connectivity index is 4.95. The van der Waals surface area contributed by atoms with Gasteiger partial charge in [0.15, 0.2) is 0 Å². The first-order valence-electron chi connectivity index (χ1n) is 2.12. The summed E-state index contributed by atoms with van der Waals surface area (Å²) in [5.41, 5.74) is 4.62. The lowest BCUT2D eigenvalue weighted by molar-refractivity contribution is -0.118. The predicted molar refractivity (Wildman–Crippen MR) is 38.2 cm³/mol. The lowest BCUT2D eigenvalue weighted by Crippen LogP contribution is -2.40. The fourth-order valence-corrected chi connectivity index (χ4v) is 0.589. The van der Waals surface area contributed by atoms with Crippen molar-refractivity contribution in [3.63, 3.8) is 0 Å². The third kappa shape index (κ3) is 1.74. The van der Waals surface area contributed by atoms with E-state index in [-0.39, 0.29) is 0 Å². The van der Waals surface area contributed by atoms with Crippen LogP contribution in [0.5, 0.6) is 0 Å². The molecule has 0 bridgehead atoms. The van der Waals surface area contributed by atoms with Crippen molar-refractivity contribution in [2.75, 3.05) is 0 Å². The summed E-state index contributed by atoms with van der Waals surface area (Å²) in [6.07, 6.45) is 0. The van der Waals surface area contributed by atoms with Crippen molar-refractivity contribution in [1.82, 2.24) is 0 Å². The van der Waals surface area contributed by atoms with E-state index in [2.05, 4.69) is 5.73 Å². The highest BCUT2D eigenvalue weighted by molar-refractivity contribution is 8.16. The van der Waals surface area contributed by atoms with Crippen LogP contribution in [0.2, 0.25) is 0 Å². The van der Waals surface area contributed by atoms with Crippen molar-refractivity contribution in [3.05, 3.63) is 0 Å². The second-order valence-corrected chi connectivity index (χ2v) is 5.61. The fraction of sp³-hybridized carbons (Fsp3) is 0.667. The van der Waals surface area contributed by atoms with E-state index < -0.39 is 19.2 Å². The molecular weight excluding hydrogens is 201 g/mol. The molecule has 0 saturated heterocycles. The van der Waals surface area contributed by atoms with Gasteiger partial charge in [0.05, 0.1) is 0 Å². The quantitative estimate of drug-likeness (QED) is 0.510. The van der Waals surface area contributed by atoms with Crippen LogP contribution < -0.4 is 5.73 Å². The predicted octanol–water partition coefficient (Wildman–Crippen LogP) is -0.00470. The number of hydrogen-bond donors (Lipinski definition) is 1. The van der Waals surface area contributed by atoms with Gasteiger partial charge < -0.3 is 5.73 Å². The zero-order valence-corrected chi connectivity index (χ0v) is 7.29. The molecule has 0 aromatic rings. The van der Waals surface area contributed by atoms with E-state index >= 15 is 0 Å². The summed E-state index contributed by atoms with van der Waals surface area (Å²) in [6, 6.07) is 0. The van der Waals surface area contributed by atoms with Crippen LogP contribution in [0.3, 0.4) is 0 Å². The van der Waals surface area contributed by atoms with Crippen LogP contribution in [0.15, 0.2) is 0 Å². The third-order valence-electron chi connectivity index (χ3n) is 0.898. The van der Waals surface area contributed by atoms with E-state index in [1.54, 1.807) is 0 Å². The van der Waals surface area contributed by atoms with Crippen molar-refractivity contribution in [1.29, 1.82) is 0 Å². The lowest BCUT2D eigenvalue weighted by atomic mass is 10.4. The van der Waals surface area contributed by atoms with Crippen molar-refractivity contribution in [2.24, 2.45) is 5.73 Å². The second kappa shape index (κ2) is 2.56. The number of primary amides is 1. The van der Waals surface area contributed by atoms with Crippen LogP contribution in [-0.4, -0.2) is 18.5 Å². The van der Waals surface area contributed by atoms with Gasteiger partial charge in [0.25, 0.3) is 15.0 Å². The third-order valence-corrected chi connectivity index (χ3v) is 3.97. The van der Waals surface area contributed by atoms with Crippen LogP contribution in [0.4, 0.5) is 0 Å². The molecule has 0 aromatic heterocycles. The van der Waals surface area contributed by atoms with Gasteiger partial charge >= 0.3 is 0 Å². The van der Waals surface area contributed by atoms with Gasteiger partial charge in [-0.05, 0) is 6.92 Å².